The summed E-state index contributed by atoms with van der Waals surface area (Å²) < 4.78 is 31.8. The molecule has 0 saturated heterocycles. The van der Waals surface area contributed by atoms with E-state index in [9.17, 15) is 8.42 Å². The first-order valence-electron chi connectivity index (χ1n) is 9.51. The molecule has 9 heteroatoms. The van der Waals surface area contributed by atoms with Crippen LogP contribution in [-0.4, -0.2) is 59.1 Å². The van der Waals surface area contributed by atoms with Gasteiger partial charge in [-0.2, -0.15) is 0 Å². The molecule has 0 bridgehead atoms. The SMILES string of the molecule is CN=C(NCCCOC1CCCCC1)NCc1ccc(S(=O)(=O)N(C)C)s1. The number of ether oxygens (including phenoxy) is 1. The molecule has 0 unspecified atom stereocenters. The van der Waals surface area contributed by atoms with Crippen molar-refractivity contribution in [2.24, 2.45) is 4.99 Å². The Bertz CT molecular complexity index is 695. The number of hydrogen-bond acceptors (Lipinski definition) is 5. The van der Waals surface area contributed by atoms with Gasteiger partial charge in [0.2, 0.25) is 0 Å². The van der Waals surface area contributed by atoms with E-state index in [1.54, 1.807) is 13.1 Å². The Hall–Kier alpha value is -1.16. The van der Waals surface area contributed by atoms with E-state index in [2.05, 4.69) is 15.6 Å². The van der Waals surface area contributed by atoms with Gasteiger partial charge in [-0.25, -0.2) is 12.7 Å². The molecule has 2 rings (SSSR count). The first-order chi connectivity index (χ1) is 12.9. The Morgan fingerprint density at radius 2 is 2.00 bits per heavy atom. The van der Waals surface area contributed by atoms with E-state index in [1.165, 1.54) is 61.8 Å². The molecule has 1 heterocycles. The molecule has 1 saturated carbocycles. The Kier molecular flexibility index (Phi) is 9.01. The third-order valence-corrected chi connectivity index (χ3v) is 7.91. The number of nitrogens with zero attached hydrogens (tertiary/aromatic N) is 2. The molecule has 0 radical (unpaired) electrons. The molecule has 1 fully saturated rings. The van der Waals surface area contributed by atoms with E-state index in [1.807, 2.05) is 6.07 Å². The Labute approximate surface area is 167 Å². The topological polar surface area (TPSA) is 83.0 Å². The van der Waals surface area contributed by atoms with Crippen molar-refractivity contribution in [3.63, 3.8) is 0 Å². The zero-order valence-electron chi connectivity index (χ0n) is 16.5. The monoisotopic (exact) mass is 416 g/mol. The van der Waals surface area contributed by atoms with Crippen LogP contribution in [0.2, 0.25) is 0 Å². The van der Waals surface area contributed by atoms with Crippen molar-refractivity contribution in [1.29, 1.82) is 0 Å². The van der Waals surface area contributed by atoms with Gasteiger partial charge < -0.3 is 15.4 Å². The van der Waals surface area contributed by atoms with Gasteiger partial charge >= 0.3 is 0 Å². The quantitative estimate of drug-likeness (QED) is 0.367. The number of sulfonamides is 1. The van der Waals surface area contributed by atoms with E-state index in [0.29, 0.717) is 22.8 Å². The molecular weight excluding hydrogens is 384 g/mol. The van der Waals surface area contributed by atoms with Crippen molar-refractivity contribution >= 4 is 27.3 Å². The van der Waals surface area contributed by atoms with Gasteiger partial charge in [0.05, 0.1) is 12.6 Å². The van der Waals surface area contributed by atoms with Crippen molar-refractivity contribution in [1.82, 2.24) is 14.9 Å². The Morgan fingerprint density at radius 3 is 2.67 bits per heavy atom. The van der Waals surface area contributed by atoms with Gasteiger partial charge in [-0.3, -0.25) is 4.99 Å². The van der Waals surface area contributed by atoms with Crippen molar-refractivity contribution < 1.29 is 13.2 Å². The number of hydrogen-bond donors (Lipinski definition) is 2. The van der Waals surface area contributed by atoms with Crippen molar-refractivity contribution in [2.75, 3.05) is 34.3 Å². The fraction of sp³-hybridized carbons (Fsp3) is 0.722. The van der Waals surface area contributed by atoms with Crippen molar-refractivity contribution in [3.8, 4) is 0 Å². The van der Waals surface area contributed by atoms with E-state index in [-0.39, 0.29) is 0 Å². The average molecular weight is 417 g/mol. The number of rotatable bonds is 9. The van der Waals surface area contributed by atoms with Gasteiger partial charge in [-0.1, -0.05) is 19.3 Å². The van der Waals surface area contributed by atoms with Crippen LogP contribution in [0.5, 0.6) is 0 Å². The molecule has 7 nitrogen and oxygen atoms in total. The van der Waals surface area contributed by atoms with E-state index < -0.39 is 10.0 Å². The third kappa shape index (κ3) is 7.06. The lowest BCUT2D eigenvalue weighted by atomic mass is 9.98. The lowest BCUT2D eigenvalue weighted by Crippen LogP contribution is -2.37. The maximum Gasteiger partial charge on any atom is 0.252 e. The summed E-state index contributed by atoms with van der Waals surface area (Å²) in [6.07, 6.45) is 7.70. The minimum atomic E-state index is -3.37. The molecule has 27 heavy (non-hydrogen) atoms. The second-order valence-electron chi connectivity index (χ2n) is 6.85. The summed E-state index contributed by atoms with van der Waals surface area (Å²) in [6.45, 7) is 2.09. The first-order valence-corrected chi connectivity index (χ1v) is 11.8. The zero-order valence-corrected chi connectivity index (χ0v) is 18.2. The largest absolute Gasteiger partial charge is 0.378 e. The maximum atomic E-state index is 12.1. The predicted molar refractivity (Wildman–Crippen MR) is 111 cm³/mol. The molecule has 0 atom stereocenters. The number of guanidine groups is 1. The highest BCUT2D eigenvalue weighted by molar-refractivity contribution is 7.91. The van der Waals surface area contributed by atoms with E-state index in [0.717, 1.165) is 24.4 Å². The summed E-state index contributed by atoms with van der Waals surface area (Å²) in [4.78, 5) is 5.15. The van der Waals surface area contributed by atoms with Crippen molar-refractivity contribution in [3.05, 3.63) is 17.0 Å². The van der Waals surface area contributed by atoms with Gasteiger partial charge in [0.15, 0.2) is 5.96 Å². The average Bonchev–Trinajstić information content (AvgIpc) is 3.14. The molecule has 1 aromatic heterocycles. The summed E-state index contributed by atoms with van der Waals surface area (Å²) >= 11 is 1.27. The van der Waals surface area contributed by atoms with Crippen molar-refractivity contribution in [2.45, 2.75) is 55.4 Å². The summed E-state index contributed by atoms with van der Waals surface area (Å²) in [5, 5.41) is 6.49. The van der Waals surface area contributed by atoms with Gasteiger partial charge in [0.1, 0.15) is 4.21 Å². The molecule has 0 aromatic carbocycles. The molecule has 1 aliphatic carbocycles. The van der Waals surface area contributed by atoms with Gasteiger partial charge in [0.25, 0.3) is 10.0 Å². The van der Waals surface area contributed by atoms with E-state index in [4.69, 9.17) is 4.74 Å². The maximum absolute atomic E-state index is 12.1. The summed E-state index contributed by atoms with van der Waals surface area (Å²) in [5.74, 6) is 0.707. The second-order valence-corrected chi connectivity index (χ2v) is 10.4. The minimum absolute atomic E-state index is 0.354. The van der Waals surface area contributed by atoms with Crippen LogP contribution in [0.3, 0.4) is 0 Å². The minimum Gasteiger partial charge on any atom is -0.378 e. The Morgan fingerprint density at radius 1 is 1.26 bits per heavy atom. The normalized spacial score (nSPS) is 16.7. The van der Waals surface area contributed by atoms with Crippen LogP contribution in [0.1, 0.15) is 43.4 Å². The van der Waals surface area contributed by atoms with Crippen LogP contribution in [0.4, 0.5) is 0 Å². The molecule has 154 valence electrons. The second kappa shape index (κ2) is 11.0. The Balaban J connectivity index is 1.67. The van der Waals surface area contributed by atoms with Crippen LogP contribution >= 0.6 is 11.3 Å². The highest BCUT2D eigenvalue weighted by Gasteiger charge is 2.19. The summed E-state index contributed by atoms with van der Waals surface area (Å²) in [6, 6.07) is 3.48. The highest BCUT2D eigenvalue weighted by atomic mass is 32.2. The smallest absolute Gasteiger partial charge is 0.252 e. The molecular formula is C18H32N4O3S2. The molecule has 1 aliphatic rings. The molecule has 1 aromatic rings. The lowest BCUT2D eigenvalue weighted by Gasteiger charge is -2.22. The standard InChI is InChI=1S/C18H32N4O3S2/c1-19-18(20-12-7-13-25-15-8-5-4-6-9-15)21-14-16-10-11-17(26-16)27(23,24)22(2)3/h10-11,15H,4-9,12-14H2,1-3H3,(H2,19,20,21). The predicted octanol–water partition coefficient (Wildman–Crippen LogP) is 2.40. The van der Waals surface area contributed by atoms with E-state index >= 15 is 0 Å². The van der Waals surface area contributed by atoms with Gasteiger partial charge in [0, 0.05) is 39.2 Å². The summed E-state index contributed by atoms with van der Waals surface area (Å²) in [5.41, 5.74) is 0. The molecule has 0 aliphatic heterocycles. The highest BCUT2D eigenvalue weighted by Crippen LogP contribution is 2.23. The number of nitrogens with one attached hydrogen (secondary N) is 2. The van der Waals surface area contributed by atoms with Crippen LogP contribution < -0.4 is 10.6 Å². The number of aliphatic imine (C=N–C) groups is 1. The fourth-order valence-corrected chi connectivity index (χ4v) is 5.39. The summed E-state index contributed by atoms with van der Waals surface area (Å²) in [7, 11) is 1.44. The lowest BCUT2D eigenvalue weighted by molar-refractivity contribution is 0.0277. The van der Waals surface area contributed by atoms with Crippen LogP contribution in [0.15, 0.2) is 21.3 Å². The molecule has 0 amide bonds. The fourth-order valence-electron chi connectivity index (χ4n) is 2.92. The van der Waals surface area contributed by atoms with Gasteiger partial charge in [-0.05, 0) is 31.4 Å². The number of thiophene rings is 1. The van der Waals surface area contributed by atoms with Crippen LogP contribution in [0.25, 0.3) is 0 Å². The van der Waals surface area contributed by atoms with Gasteiger partial charge in [-0.15, -0.1) is 11.3 Å². The zero-order chi connectivity index (χ0) is 19.7. The first kappa shape index (κ1) is 22.1. The van der Waals surface area contributed by atoms with Crippen LogP contribution in [-0.2, 0) is 21.3 Å². The molecule has 2 N–H and O–H groups in total. The van der Waals surface area contributed by atoms with Crippen LogP contribution in [0, 0.1) is 0 Å². The molecule has 0 spiro atoms. The third-order valence-electron chi connectivity index (χ3n) is 4.54.